The Bertz CT molecular complexity index is 887. The second-order valence-corrected chi connectivity index (χ2v) is 8.68. The topological polar surface area (TPSA) is 66.8 Å². The maximum atomic E-state index is 8.53. The van der Waals surface area contributed by atoms with Crippen molar-refractivity contribution in [2.24, 2.45) is 4.99 Å². The number of aliphatic hydroxyl groups is 1. The highest BCUT2D eigenvalue weighted by atomic mass is 32.2. The zero-order chi connectivity index (χ0) is 22.0. The number of fused-ring (bicyclic) bond motifs is 2. The smallest absolute Gasteiger partial charge is 0.143 e. The van der Waals surface area contributed by atoms with Crippen LogP contribution >= 0.6 is 11.8 Å². The molecule has 172 valence electrons. The summed E-state index contributed by atoms with van der Waals surface area (Å²) in [6.07, 6.45) is 0. The fraction of sp³-hybridized carbons (Fsp3) is 0.458. The van der Waals surface area contributed by atoms with Gasteiger partial charge < -0.3 is 24.2 Å². The van der Waals surface area contributed by atoms with Crippen LogP contribution in [0.4, 0.5) is 5.69 Å². The first kappa shape index (κ1) is 23.2. The van der Waals surface area contributed by atoms with Crippen LogP contribution in [0.15, 0.2) is 63.3 Å². The zero-order valence-corrected chi connectivity index (χ0v) is 19.1. The van der Waals surface area contributed by atoms with Gasteiger partial charge in [-0.2, -0.15) is 0 Å². The number of aliphatic imine (C=N–C) groups is 1. The third-order valence-corrected chi connectivity index (χ3v) is 6.64. The third-order valence-electron chi connectivity index (χ3n) is 5.50. The molecular formula is C24H31N3O4S. The molecule has 2 aromatic rings. The van der Waals surface area contributed by atoms with Crippen LogP contribution in [0.25, 0.3) is 0 Å². The van der Waals surface area contributed by atoms with Gasteiger partial charge >= 0.3 is 0 Å². The van der Waals surface area contributed by atoms with Crippen molar-refractivity contribution in [3.05, 3.63) is 54.1 Å². The maximum Gasteiger partial charge on any atom is 0.143 e. The van der Waals surface area contributed by atoms with Gasteiger partial charge in [0.1, 0.15) is 12.6 Å². The Morgan fingerprint density at radius 2 is 1.44 bits per heavy atom. The molecule has 2 aromatic carbocycles. The first-order valence-corrected chi connectivity index (χ1v) is 11.9. The van der Waals surface area contributed by atoms with E-state index >= 15 is 0 Å². The number of benzene rings is 2. The lowest BCUT2D eigenvalue weighted by molar-refractivity contribution is -0.0375. The van der Waals surface area contributed by atoms with Crippen LogP contribution in [0.2, 0.25) is 0 Å². The zero-order valence-electron chi connectivity index (χ0n) is 18.3. The van der Waals surface area contributed by atoms with E-state index < -0.39 is 0 Å². The first-order chi connectivity index (χ1) is 15.8. The minimum absolute atomic E-state index is 0.265. The molecule has 0 atom stereocenters. The van der Waals surface area contributed by atoms with Crippen molar-refractivity contribution in [1.29, 1.82) is 0 Å². The van der Waals surface area contributed by atoms with Crippen molar-refractivity contribution in [3.8, 4) is 0 Å². The number of ether oxygens (including phenoxy) is 3. The second kappa shape index (κ2) is 12.3. The first-order valence-electron chi connectivity index (χ1n) is 11.1. The number of hydrogen-bond acceptors (Lipinski definition) is 8. The van der Waals surface area contributed by atoms with E-state index in [0.29, 0.717) is 33.0 Å². The largest absolute Gasteiger partial charge is 0.378 e. The molecule has 2 aliphatic heterocycles. The van der Waals surface area contributed by atoms with E-state index in [1.54, 1.807) is 11.8 Å². The minimum Gasteiger partial charge on any atom is -0.378 e. The Balaban J connectivity index is 1.26. The summed E-state index contributed by atoms with van der Waals surface area (Å²) in [5.41, 5.74) is 2.26. The van der Waals surface area contributed by atoms with Crippen LogP contribution < -0.4 is 0 Å². The molecule has 0 aromatic heterocycles. The molecule has 0 radical (unpaired) electrons. The highest BCUT2D eigenvalue weighted by Crippen LogP contribution is 2.40. The molecule has 2 heterocycles. The van der Waals surface area contributed by atoms with E-state index in [1.807, 2.05) is 0 Å². The molecule has 0 bridgehead atoms. The molecule has 4 rings (SSSR count). The highest BCUT2D eigenvalue weighted by Gasteiger charge is 2.24. The molecule has 1 N–H and O–H groups in total. The number of piperazine rings is 1. The number of rotatable bonds is 10. The molecule has 0 saturated carbocycles. The monoisotopic (exact) mass is 457 g/mol. The molecule has 1 fully saturated rings. The van der Waals surface area contributed by atoms with Gasteiger partial charge in [0, 0.05) is 48.1 Å². The molecule has 2 aliphatic rings. The van der Waals surface area contributed by atoms with E-state index in [9.17, 15) is 0 Å². The van der Waals surface area contributed by atoms with E-state index in [2.05, 4.69) is 58.3 Å². The lowest BCUT2D eigenvalue weighted by Crippen LogP contribution is -2.49. The summed E-state index contributed by atoms with van der Waals surface area (Å²) < 4.78 is 15.9. The van der Waals surface area contributed by atoms with Gasteiger partial charge in [-0.15, -0.1) is 0 Å². The summed E-state index contributed by atoms with van der Waals surface area (Å²) in [6.45, 7) is 7.24. The molecule has 8 heteroatoms. The van der Waals surface area contributed by atoms with Crippen molar-refractivity contribution in [2.45, 2.75) is 9.79 Å². The van der Waals surface area contributed by atoms with Crippen molar-refractivity contribution in [1.82, 2.24) is 9.80 Å². The Morgan fingerprint density at radius 1 is 0.781 bits per heavy atom. The summed E-state index contributed by atoms with van der Waals surface area (Å²) in [4.78, 5) is 12.4. The molecule has 1 saturated heterocycles. The van der Waals surface area contributed by atoms with E-state index in [1.165, 1.54) is 15.4 Å². The van der Waals surface area contributed by atoms with Gasteiger partial charge in [-0.1, -0.05) is 42.1 Å². The molecule has 7 nitrogen and oxygen atoms in total. The molecule has 0 unspecified atom stereocenters. The number of amidine groups is 1. The van der Waals surface area contributed by atoms with E-state index in [4.69, 9.17) is 24.3 Å². The second-order valence-electron chi connectivity index (χ2n) is 7.59. The minimum atomic E-state index is -0.265. The van der Waals surface area contributed by atoms with Crippen LogP contribution in [0, 0.1) is 0 Å². The van der Waals surface area contributed by atoms with Gasteiger partial charge in [-0.3, -0.25) is 4.90 Å². The predicted octanol–water partition coefficient (Wildman–Crippen LogP) is 2.85. The molecule has 0 aliphatic carbocycles. The summed E-state index contributed by atoms with van der Waals surface area (Å²) in [5.74, 6) is 1.08. The number of para-hydroxylation sites is 1. The highest BCUT2D eigenvalue weighted by molar-refractivity contribution is 7.99. The maximum absolute atomic E-state index is 8.53. The molecule has 0 amide bonds. The van der Waals surface area contributed by atoms with Crippen LogP contribution in [0.1, 0.15) is 5.56 Å². The van der Waals surface area contributed by atoms with Crippen LogP contribution in [-0.2, 0) is 14.2 Å². The van der Waals surface area contributed by atoms with Crippen LogP contribution in [0.3, 0.4) is 0 Å². The molecule has 32 heavy (non-hydrogen) atoms. The van der Waals surface area contributed by atoms with Crippen molar-refractivity contribution < 1.29 is 19.3 Å². The summed E-state index contributed by atoms with van der Waals surface area (Å²) in [6, 6.07) is 17.0. The fourth-order valence-corrected chi connectivity index (χ4v) is 4.81. The predicted molar refractivity (Wildman–Crippen MR) is 126 cm³/mol. The summed E-state index contributed by atoms with van der Waals surface area (Å²) in [5, 5.41) is 8.53. The van der Waals surface area contributed by atoms with Gasteiger partial charge in [0.2, 0.25) is 0 Å². The Hall–Kier alpha value is -1.94. The van der Waals surface area contributed by atoms with Crippen molar-refractivity contribution in [3.63, 3.8) is 0 Å². The number of hydrogen-bond donors (Lipinski definition) is 1. The van der Waals surface area contributed by atoms with Crippen LogP contribution in [0.5, 0.6) is 0 Å². The molecule has 0 spiro atoms. The van der Waals surface area contributed by atoms with Crippen molar-refractivity contribution in [2.75, 3.05) is 72.6 Å². The quantitative estimate of drug-likeness (QED) is 0.435. The average molecular weight is 458 g/mol. The Labute approximate surface area is 194 Å². The summed E-state index contributed by atoms with van der Waals surface area (Å²) >= 11 is 1.80. The fourth-order valence-electron chi connectivity index (χ4n) is 3.79. The SMILES string of the molecule is OCOCCOCCOCCN1CCN(C2=Nc3ccccc3Sc3ccccc32)CC1. The van der Waals surface area contributed by atoms with Gasteiger partial charge in [0.25, 0.3) is 0 Å². The third kappa shape index (κ3) is 6.31. The van der Waals surface area contributed by atoms with Gasteiger partial charge in [0.15, 0.2) is 0 Å². The van der Waals surface area contributed by atoms with Crippen molar-refractivity contribution >= 4 is 23.3 Å². The number of aliphatic hydroxyl groups excluding tert-OH is 1. The normalized spacial score (nSPS) is 16.3. The summed E-state index contributed by atoms with van der Waals surface area (Å²) in [7, 11) is 0. The van der Waals surface area contributed by atoms with Gasteiger partial charge in [-0.05, 0) is 18.2 Å². The lowest BCUT2D eigenvalue weighted by Gasteiger charge is -2.36. The molecular weight excluding hydrogens is 426 g/mol. The Kier molecular flexibility index (Phi) is 8.96. The number of nitrogens with zero attached hydrogens (tertiary/aromatic N) is 3. The average Bonchev–Trinajstić information content (AvgIpc) is 3.00. The lowest BCUT2D eigenvalue weighted by atomic mass is 10.1. The van der Waals surface area contributed by atoms with E-state index in [0.717, 1.165) is 44.2 Å². The van der Waals surface area contributed by atoms with Gasteiger partial charge in [-0.25, -0.2) is 4.99 Å². The standard InChI is InChI=1S/C24H31N3O4S/c28-19-31-18-17-30-16-15-29-14-13-26-9-11-27(12-10-26)24-20-5-1-3-7-22(20)32-23-8-4-2-6-21(23)25-24/h1-8,28H,9-19H2. The van der Waals surface area contributed by atoms with Crippen LogP contribution in [-0.4, -0.2) is 93.3 Å². The Morgan fingerprint density at radius 3 is 2.22 bits per heavy atom. The van der Waals surface area contributed by atoms with E-state index in [-0.39, 0.29) is 6.79 Å². The van der Waals surface area contributed by atoms with Gasteiger partial charge in [0.05, 0.1) is 38.7 Å².